The van der Waals surface area contributed by atoms with Crippen LogP contribution in [-0.4, -0.2) is 24.5 Å². The van der Waals surface area contributed by atoms with Crippen LogP contribution in [0, 0.1) is 0 Å². The second kappa shape index (κ2) is 7.98. The van der Waals surface area contributed by atoms with E-state index < -0.39 is 0 Å². The van der Waals surface area contributed by atoms with Crippen molar-refractivity contribution in [3.63, 3.8) is 0 Å². The Labute approximate surface area is 167 Å². The minimum Gasteiger partial charge on any atom is -0.276 e. The lowest BCUT2D eigenvalue weighted by atomic mass is 10.1. The third kappa shape index (κ3) is 4.23. The molecule has 4 rings (SSSR count). The molecule has 0 spiro atoms. The van der Waals surface area contributed by atoms with E-state index in [1.807, 2.05) is 61.9 Å². The first-order chi connectivity index (χ1) is 13.2. The topological polar surface area (TPSA) is 48.5 Å². The molecule has 0 aliphatic heterocycles. The zero-order valence-corrected chi connectivity index (χ0v) is 16.4. The number of aryl methyl sites for hydroxylation is 1. The average molecular weight is 396 g/mol. The maximum atomic E-state index is 6.07. The van der Waals surface area contributed by atoms with Gasteiger partial charge in [0, 0.05) is 41.7 Å². The highest BCUT2D eigenvalue weighted by atomic mass is 35.5. The zero-order valence-electron chi connectivity index (χ0n) is 14.8. The molecule has 0 saturated heterocycles. The summed E-state index contributed by atoms with van der Waals surface area (Å²) in [6.07, 6.45) is 4.60. The minimum atomic E-state index is 0.709. The van der Waals surface area contributed by atoms with Crippen LogP contribution in [-0.2, 0) is 19.2 Å². The predicted molar refractivity (Wildman–Crippen MR) is 108 cm³/mol. The Morgan fingerprint density at radius 1 is 0.963 bits per heavy atom. The van der Waals surface area contributed by atoms with E-state index in [4.69, 9.17) is 11.6 Å². The Bertz CT molecular complexity index is 1020. The van der Waals surface area contributed by atoms with Gasteiger partial charge in [-0.05, 0) is 29.8 Å². The van der Waals surface area contributed by atoms with Crippen LogP contribution in [0.1, 0.15) is 17.0 Å². The van der Waals surface area contributed by atoms with Crippen LogP contribution in [0.5, 0.6) is 0 Å². The number of halogens is 1. The molecule has 2 aromatic carbocycles. The summed E-state index contributed by atoms with van der Waals surface area (Å²) < 4.78 is 3.91. The summed E-state index contributed by atoms with van der Waals surface area (Å²) in [5.74, 6) is 1.68. The molecule has 136 valence electrons. The second-order valence-corrected chi connectivity index (χ2v) is 7.56. The zero-order chi connectivity index (χ0) is 18.6. The number of nitrogens with zero attached hydrogens (tertiary/aromatic N) is 5. The third-order valence-corrected chi connectivity index (χ3v) is 5.37. The normalized spacial score (nSPS) is 11.0. The van der Waals surface area contributed by atoms with E-state index >= 15 is 0 Å². The highest BCUT2D eigenvalue weighted by Crippen LogP contribution is 2.26. The van der Waals surface area contributed by atoms with Gasteiger partial charge in [0.15, 0.2) is 5.16 Å². The van der Waals surface area contributed by atoms with Crippen LogP contribution in [0.4, 0.5) is 0 Å². The van der Waals surface area contributed by atoms with Crippen LogP contribution in [0.15, 0.2) is 72.1 Å². The van der Waals surface area contributed by atoms with Gasteiger partial charge >= 0.3 is 0 Å². The van der Waals surface area contributed by atoms with Gasteiger partial charge in [-0.1, -0.05) is 53.7 Å². The lowest BCUT2D eigenvalue weighted by Crippen LogP contribution is -2.03. The van der Waals surface area contributed by atoms with Gasteiger partial charge in [-0.3, -0.25) is 9.25 Å². The highest BCUT2D eigenvalue weighted by Gasteiger charge is 2.15. The van der Waals surface area contributed by atoms with Crippen LogP contribution >= 0.6 is 23.4 Å². The standard InChI is InChI=1S/C20H18ClN5S/c1-25-13-16(12-22-25)14-27-20-24-23-19(11-15-5-3-2-4-6-15)26(20)18-9-7-17(21)8-10-18/h2-10,12-13H,11,14H2,1H3. The molecule has 0 N–H and O–H groups in total. The van der Waals surface area contributed by atoms with Gasteiger partial charge in [0.05, 0.1) is 6.20 Å². The van der Waals surface area contributed by atoms with E-state index in [1.54, 1.807) is 16.4 Å². The Hall–Kier alpha value is -2.57. The number of hydrogen-bond donors (Lipinski definition) is 0. The third-order valence-electron chi connectivity index (χ3n) is 4.12. The van der Waals surface area contributed by atoms with Crippen LogP contribution in [0.3, 0.4) is 0 Å². The summed E-state index contributed by atoms with van der Waals surface area (Å²) in [7, 11) is 1.92. The van der Waals surface area contributed by atoms with Crippen molar-refractivity contribution >= 4 is 23.4 Å². The fourth-order valence-corrected chi connectivity index (χ4v) is 3.84. The molecule has 0 aliphatic carbocycles. The first kappa shape index (κ1) is 17.8. The van der Waals surface area contributed by atoms with E-state index in [0.29, 0.717) is 11.4 Å². The maximum Gasteiger partial charge on any atom is 0.196 e. The molecule has 2 aromatic heterocycles. The fourth-order valence-electron chi connectivity index (χ4n) is 2.83. The first-order valence-corrected chi connectivity index (χ1v) is 9.90. The van der Waals surface area contributed by atoms with Gasteiger partial charge in [0.1, 0.15) is 5.82 Å². The number of hydrogen-bond acceptors (Lipinski definition) is 4. The second-order valence-electron chi connectivity index (χ2n) is 6.18. The molecule has 5 nitrogen and oxygen atoms in total. The number of benzene rings is 2. The van der Waals surface area contributed by atoms with E-state index in [1.165, 1.54) is 5.56 Å². The molecular weight excluding hydrogens is 378 g/mol. The molecule has 0 radical (unpaired) electrons. The summed E-state index contributed by atoms with van der Waals surface area (Å²) in [6, 6.07) is 18.1. The number of thioether (sulfide) groups is 1. The van der Waals surface area contributed by atoms with Crippen molar-refractivity contribution in [3.05, 3.63) is 89.0 Å². The highest BCUT2D eigenvalue weighted by molar-refractivity contribution is 7.98. The van der Waals surface area contributed by atoms with Crippen molar-refractivity contribution in [2.45, 2.75) is 17.3 Å². The summed E-state index contributed by atoms with van der Waals surface area (Å²) in [6.45, 7) is 0. The molecule has 27 heavy (non-hydrogen) atoms. The van der Waals surface area contributed by atoms with Crippen molar-refractivity contribution in [2.24, 2.45) is 7.05 Å². The van der Waals surface area contributed by atoms with Crippen LogP contribution < -0.4 is 0 Å². The minimum absolute atomic E-state index is 0.709. The van der Waals surface area contributed by atoms with E-state index in [9.17, 15) is 0 Å². The quantitative estimate of drug-likeness (QED) is 0.450. The molecule has 0 bridgehead atoms. The van der Waals surface area contributed by atoms with Gasteiger partial charge in [-0.25, -0.2) is 0 Å². The summed E-state index contributed by atoms with van der Waals surface area (Å²) in [4.78, 5) is 0. The van der Waals surface area contributed by atoms with E-state index in [-0.39, 0.29) is 0 Å². The monoisotopic (exact) mass is 395 g/mol. The van der Waals surface area contributed by atoms with E-state index in [0.717, 1.165) is 28.0 Å². The molecule has 0 unspecified atom stereocenters. The Balaban J connectivity index is 1.66. The van der Waals surface area contributed by atoms with Crippen LogP contribution in [0.2, 0.25) is 5.02 Å². The number of rotatable bonds is 6. The Kier molecular flexibility index (Phi) is 5.27. The molecule has 0 saturated carbocycles. The molecule has 7 heteroatoms. The average Bonchev–Trinajstić information content (AvgIpc) is 3.28. The van der Waals surface area contributed by atoms with Gasteiger partial charge in [-0.2, -0.15) is 5.10 Å². The van der Waals surface area contributed by atoms with Gasteiger partial charge < -0.3 is 0 Å². The van der Waals surface area contributed by atoms with Crippen molar-refractivity contribution in [1.82, 2.24) is 24.5 Å². The van der Waals surface area contributed by atoms with Gasteiger partial charge in [0.25, 0.3) is 0 Å². The van der Waals surface area contributed by atoms with Gasteiger partial charge in [-0.15, -0.1) is 10.2 Å². The van der Waals surface area contributed by atoms with Crippen molar-refractivity contribution in [3.8, 4) is 5.69 Å². The Morgan fingerprint density at radius 3 is 2.44 bits per heavy atom. The summed E-state index contributed by atoms with van der Waals surface area (Å²) in [5.41, 5.74) is 3.35. The molecule has 0 atom stereocenters. The van der Waals surface area contributed by atoms with E-state index in [2.05, 4.69) is 32.0 Å². The summed E-state index contributed by atoms with van der Waals surface area (Å²) in [5, 5.41) is 14.7. The molecular formula is C20H18ClN5S. The molecule has 0 fully saturated rings. The van der Waals surface area contributed by atoms with Crippen molar-refractivity contribution < 1.29 is 0 Å². The predicted octanol–water partition coefficient (Wildman–Crippen LogP) is 4.54. The molecule has 2 heterocycles. The van der Waals surface area contributed by atoms with Gasteiger partial charge in [0.2, 0.25) is 0 Å². The summed E-state index contributed by atoms with van der Waals surface area (Å²) >= 11 is 7.72. The molecule has 4 aromatic rings. The lowest BCUT2D eigenvalue weighted by Gasteiger charge is -2.10. The largest absolute Gasteiger partial charge is 0.276 e. The smallest absolute Gasteiger partial charge is 0.196 e. The Morgan fingerprint density at radius 2 is 1.74 bits per heavy atom. The van der Waals surface area contributed by atoms with Crippen molar-refractivity contribution in [2.75, 3.05) is 0 Å². The molecule has 0 aliphatic rings. The number of aromatic nitrogens is 5. The SMILES string of the molecule is Cn1cc(CSc2nnc(Cc3ccccc3)n2-c2ccc(Cl)cc2)cn1. The van der Waals surface area contributed by atoms with Crippen LogP contribution in [0.25, 0.3) is 5.69 Å². The van der Waals surface area contributed by atoms with Crippen molar-refractivity contribution in [1.29, 1.82) is 0 Å². The lowest BCUT2D eigenvalue weighted by molar-refractivity contribution is 0.767. The fraction of sp³-hybridized carbons (Fsp3) is 0.150. The molecule has 0 amide bonds. The maximum absolute atomic E-state index is 6.07. The first-order valence-electron chi connectivity index (χ1n) is 8.53.